The van der Waals surface area contributed by atoms with Gasteiger partial charge in [0.05, 0.1) is 13.1 Å². The van der Waals surface area contributed by atoms with Crippen molar-refractivity contribution in [3.8, 4) is 0 Å². The van der Waals surface area contributed by atoms with E-state index in [2.05, 4.69) is 20.6 Å². The van der Waals surface area contributed by atoms with Gasteiger partial charge in [-0.05, 0) is 0 Å². The number of alkyl halides is 3. The van der Waals surface area contributed by atoms with Gasteiger partial charge in [-0.2, -0.15) is 22.8 Å². The van der Waals surface area contributed by atoms with Crippen LogP contribution >= 0.6 is 11.3 Å². The molecule has 0 fully saturated rings. The SMILES string of the molecule is FC(F)(F)CNCc1nn2cnnc2s1. The molecule has 0 saturated carbocycles. The average molecular weight is 237 g/mol. The third-order valence-electron chi connectivity index (χ3n) is 1.53. The summed E-state index contributed by atoms with van der Waals surface area (Å²) in [6, 6.07) is 0. The molecule has 0 aliphatic rings. The van der Waals surface area contributed by atoms with E-state index in [1.165, 1.54) is 22.2 Å². The number of hydrogen-bond acceptors (Lipinski definition) is 5. The van der Waals surface area contributed by atoms with Crippen LogP contribution in [0.5, 0.6) is 0 Å². The third kappa shape index (κ3) is 2.63. The number of fused-ring (bicyclic) bond motifs is 1. The maximum absolute atomic E-state index is 11.8. The van der Waals surface area contributed by atoms with Gasteiger partial charge < -0.3 is 5.32 Å². The first-order chi connectivity index (χ1) is 7.04. The van der Waals surface area contributed by atoms with Crippen molar-refractivity contribution in [2.45, 2.75) is 12.7 Å². The molecule has 2 aromatic heterocycles. The lowest BCUT2D eigenvalue weighted by Gasteiger charge is -2.05. The Morgan fingerprint density at radius 3 is 2.93 bits per heavy atom. The van der Waals surface area contributed by atoms with Gasteiger partial charge in [-0.25, -0.2) is 0 Å². The van der Waals surface area contributed by atoms with Crippen LogP contribution in [0.4, 0.5) is 13.2 Å². The van der Waals surface area contributed by atoms with Crippen LogP contribution in [0, 0.1) is 0 Å². The number of halogens is 3. The standard InChI is InChI=1S/C6H6F3N5S/c7-6(8,9)2-10-1-4-13-14-3-11-12-5(14)15-4/h3,10H,1-2H2. The van der Waals surface area contributed by atoms with Crippen LogP contribution < -0.4 is 5.32 Å². The van der Waals surface area contributed by atoms with Crippen molar-refractivity contribution in [1.29, 1.82) is 0 Å². The van der Waals surface area contributed by atoms with E-state index >= 15 is 0 Å². The molecular formula is C6H6F3N5S. The van der Waals surface area contributed by atoms with Crippen molar-refractivity contribution in [2.75, 3.05) is 6.54 Å². The quantitative estimate of drug-likeness (QED) is 0.859. The van der Waals surface area contributed by atoms with Crippen molar-refractivity contribution in [1.82, 2.24) is 25.1 Å². The van der Waals surface area contributed by atoms with Crippen molar-refractivity contribution in [2.24, 2.45) is 0 Å². The molecule has 2 rings (SSSR count). The number of nitrogens with one attached hydrogen (secondary N) is 1. The van der Waals surface area contributed by atoms with Gasteiger partial charge in [0, 0.05) is 0 Å². The van der Waals surface area contributed by atoms with Gasteiger partial charge in [0.15, 0.2) is 0 Å². The molecule has 5 nitrogen and oxygen atoms in total. The van der Waals surface area contributed by atoms with Crippen LogP contribution in [0.1, 0.15) is 5.01 Å². The molecule has 0 aliphatic heterocycles. The molecule has 9 heteroatoms. The molecule has 82 valence electrons. The number of rotatable bonds is 3. The van der Waals surface area contributed by atoms with E-state index in [-0.39, 0.29) is 6.54 Å². The van der Waals surface area contributed by atoms with Crippen LogP contribution in [0.15, 0.2) is 6.33 Å². The van der Waals surface area contributed by atoms with E-state index in [4.69, 9.17) is 0 Å². The monoisotopic (exact) mass is 237 g/mol. The molecule has 0 unspecified atom stereocenters. The van der Waals surface area contributed by atoms with Crippen molar-refractivity contribution in [3.63, 3.8) is 0 Å². The largest absolute Gasteiger partial charge is 0.401 e. The molecule has 0 spiro atoms. The predicted molar refractivity (Wildman–Crippen MR) is 46.4 cm³/mol. The lowest BCUT2D eigenvalue weighted by atomic mass is 10.6. The minimum atomic E-state index is -4.20. The van der Waals surface area contributed by atoms with E-state index in [1.807, 2.05) is 0 Å². The van der Waals surface area contributed by atoms with E-state index in [0.717, 1.165) is 0 Å². The summed E-state index contributed by atoms with van der Waals surface area (Å²) in [6.45, 7) is -0.944. The van der Waals surface area contributed by atoms with Crippen LogP contribution in [0.2, 0.25) is 0 Å². The maximum Gasteiger partial charge on any atom is 0.401 e. The van der Waals surface area contributed by atoms with Gasteiger partial charge in [-0.3, -0.25) is 0 Å². The summed E-state index contributed by atoms with van der Waals surface area (Å²) in [4.78, 5) is 0.568. The Balaban J connectivity index is 1.93. The number of hydrogen-bond donors (Lipinski definition) is 1. The summed E-state index contributed by atoms with van der Waals surface area (Å²) in [5.41, 5.74) is 0. The highest BCUT2D eigenvalue weighted by Crippen LogP contribution is 2.14. The van der Waals surface area contributed by atoms with Gasteiger partial charge in [0.25, 0.3) is 0 Å². The third-order valence-corrected chi connectivity index (χ3v) is 2.44. The Bertz CT molecular complexity index is 418. The first-order valence-electron chi connectivity index (χ1n) is 3.98. The van der Waals surface area contributed by atoms with E-state index in [0.29, 0.717) is 9.97 Å². The Morgan fingerprint density at radius 1 is 1.47 bits per heavy atom. The highest BCUT2D eigenvalue weighted by atomic mass is 32.1. The van der Waals surface area contributed by atoms with Crippen LogP contribution in [-0.2, 0) is 6.54 Å². The Morgan fingerprint density at radius 2 is 2.27 bits per heavy atom. The molecule has 0 aliphatic carbocycles. The zero-order valence-corrected chi connectivity index (χ0v) is 8.14. The summed E-state index contributed by atoms with van der Waals surface area (Å²) in [5.74, 6) is 0. The number of nitrogens with zero attached hydrogens (tertiary/aromatic N) is 4. The Labute approximate surface area is 85.9 Å². The van der Waals surface area contributed by atoms with Gasteiger partial charge in [0.2, 0.25) is 4.96 Å². The second-order valence-corrected chi connectivity index (χ2v) is 3.81. The van der Waals surface area contributed by atoms with Crippen molar-refractivity contribution < 1.29 is 13.2 Å². The first-order valence-corrected chi connectivity index (χ1v) is 4.79. The van der Waals surface area contributed by atoms with Gasteiger partial charge in [-0.15, -0.1) is 10.2 Å². The fourth-order valence-electron chi connectivity index (χ4n) is 0.984. The zero-order chi connectivity index (χ0) is 10.9. The van der Waals surface area contributed by atoms with Gasteiger partial charge >= 0.3 is 6.18 Å². The molecule has 0 aromatic carbocycles. The smallest absolute Gasteiger partial charge is 0.302 e. The van der Waals surface area contributed by atoms with Crippen LogP contribution in [-0.4, -0.2) is 32.5 Å². The first kappa shape index (κ1) is 10.3. The molecule has 2 aromatic rings. The van der Waals surface area contributed by atoms with E-state index < -0.39 is 12.7 Å². The fourth-order valence-corrected chi connectivity index (χ4v) is 1.77. The van der Waals surface area contributed by atoms with Crippen molar-refractivity contribution >= 4 is 16.3 Å². The van der Waals surface area contributed by atoms with E-state index in [1.54, 1.807) is 0 Å². The summed E-state index contributed by atoms with van der Waals surface area (Å²) < 4.78 is 36.8. The Kier molecular flexibility index (Phi) is 2.57. The summed E-state index contributed by atoms with van der Waals surface area (Å²) in [6.07, 6.45) is -2.79. The second kappa shape index (κ2) is 3.74. The molecule has 0 bridgehead atoms. The van der Waals surface area contributed by atoms with Crippen LogP contribution in [0.25, 0.3) is 4.96 Å². The Hall–Kier alpha value is -1.22. The lowest BCUT2D eigenvalue weighted by molar-refractivity contribution is -0.125. The average Bonchev–Trinajstić information content (AvgIpc) is 2.60. The summed E-state index contributed by atoms with van der Waals surface area (Å²) in [5, 5.41) is 14.1. The second-order valence-electron chi connectivity index (χ2n) is 2.77. The highest BCUT2D eigenvalue weighted by Gasteiger charge is 2.26. The van der Waals surface area contributed by atoms with Gasteiger partial charge in [0.1, 0.15) is 11.3 Å². The topological polar surface area (TPSA) is 55.1 Å². The van der Waals surface area contributed by atoms with Crippen molar-refractivity contribution in [3.05, 3.63) is 11.3 Å². The molecule has 2 heterocycles. The highest BCUT2D eigenvalue weighted by molar-refractivity contribution is 7.16. The van der Waals surface area contributed by atoms with Gasteiger partial charge in [-0.1, -0.05) is 11.3 Å². The number of aromatic nitrogens is 4. The zero-order valence-electron chi connectivity index (χ0n) is 7.32. The molecule has 15 heavy (non-hydrogen) atoms. The summed E-state index contributed by atoms with van der Waals surface area (Å²) in [7, 11) is 0. The minimum absolute atomic E-state index is 0.0769. The fraction of sp³-hybridized carbons (Fsp3) is 0.500. The van der Waals surface area contributed by atoms with Crippen LogP contribution in [0.3, 0.4) is 0 Å². The molecule has 0 atom stereocenters. The molecular weight excluding hydrogens is 231 g/mol. The lowest BCUT2D eigenvalue weighted by Crippen LogP contribution is -2.28. The molecule has 1 N–H and O–H groups in total. The molecule has 0 radical (unpaired) electrons. The van der Waals surface area contributed by atoms with E-state index in [9.17, 15) is 13.2 Å². The minimum Gasteiger partial charge on any atom is -0.302 e. The summed E-state index contributed by atoms with van der Waals surface area (Å²) >= 11 is 1.20. The predicted octanol–water partition coefficient (Wildman–Crippen LogP) is 0.838. The molecule has 0 amide bonds. The normalized spacial score (nSPS) is 12.5. The molecule has 0 saturated heterocycles. The maximum atomic E-state index is 11.8.